The summed E-state index contributed by atoms with van der Waals surface area (Å²) in [7, 11) is 2.07. The van der Waals surface area contributed by atoms with Gasteiger partial charge in [-0.25, -0.2) is 14.8 Å². The SMILES string of the molecule is CN(c1nccc(-c2ccc3ccccc3c2)n1)C1CCN(C(=O)N2CCCC2)CC1. The van der Waals surface area contributed by atoms with Crippen molar-refractivity contribution in [2.45, 2.75) is 31.7 Å². The Morgan fingerprint density at radius 3 is 2.42 bits per heavy atom. The highest BCUT2D eigenvalue weighted by atomic mass is 16.2. The molecule has 0 aliphatic carbocycles. The molecule has 2 fully saturated rings. The maximum atomic E-state index is 12.7. The number of hydrogen-bond acceptors (Lipinski definition) is 4. The number of amides is 2. The Balaban J connectivity index is 1.28. The summed E-state index contributed by atoms with van der Waals surface area (Å²) in [6.07, 6.45) is 6.00. The zero-order valence-corrected chi connectivity index (χ0v) is 18.1. The van der Waals surface area contributed by atoms with Crippen LogP contribution in [-0.4, -0.2) is 65.1 Å². The number of anilines is 1. The van der Waals surface area contributed by atoms with Gasteiger partial charge < -0.3 is 14.7 Å². The molecule has 160 valence electrons. The molecule has 0 saturated carbocycles. The Morgan fingerprint density at radius 2 is 1.65 bits per heavy atom. The van der Waals surface area contributed by atoms with E-state index < -0.39 is 0 Å². The lowest BCUT2D eigenvalue weighted by Gasteiger charge is -2.38. The van der Waals surface area contributed by atoms with Crippen LogP contribution >= 0.6 is 0 Å². The van der Waals surface area contributed by atoms with Crippen LogP contribution in [-0.2, 0) is 0 Å². The second-order valence-electron chi connectivity index (χ2n) is 8.61. The number of rotatable bonds is 3. The van der Waals surface area contributed by atoms with Crippen LogP contribution in [0, 0.1) is 0 Å². The van der Waals surface area contributed by atoms with Crippen molar-refractivity contribution in [1.82, 2.24) is 19.8 Å². The van der Waals surface area contributed by atoms with Gasteiger partial charge in [0.2, 0.25) is 5.95 Å². The third-order valence-electron chi connectivity index (χ3n) is 6.66. The predicted octanol–water partition coefficient (Wildman–Crippen LogP) is 4.41. The largest absolute Gasteiger partial charge is 0.341 e. The van der Waals surface area contributed by atoms with Gasteiger partial charge in [0.15, 0.2) is 0 Å². The number of urea groups is 1. The molecule has 6 heteroatoms. The van der Waals surface area contributed by atoms with Crippen LogP contribution in [0.3, 0.4) is 0 Å². The van der Waals surface area contributed by atoms with E-state index in [2.05, 4.69) is 59.4 Å². The zero-order chi connectivity index (χ0) is 21.2. The second-order valence-corrected chi connectivity index (χ2v) is 8.61. The van der Waals surface area contributed by atoms with Gasteiger partial charge in [-0.1, -0.05) is 36.4 Å². The fraction of sp³-hybridized carbons (Fsp3) is 0.400. The lowest BCUT2D eigenvalue weighted by atomic mass is 10.0. The van der Waals surface area contributed by atoms with Gasteiger partial charge in [0.1, 0.15) is 0 Å². The Morgan fingerprint density at radius 1 is 0.935 bits per heavy atom. The Labute approximate surface area is 183 Å². The van der Waals surface area contributed by atoms with Crippen molar-refractivity contribution in [3.05, 3.63) is 54.7 Å². The number of hydrogen-bond donors (Lipinski definition) is 0. The second kappa shape index (κ2) is 8.53. The first-order valence-electron chi connectivity index (χ1n) is 11.3. The first-order valence-corrected chi connectivity index (χ1v) is 11.3. The first-order chi connectivity index (χ1) is 15.2. The van der Waals surface area contributed by atoms with Crippen LogP contribution in [0.25, 0.3) is 22.0 Å². The maximum Gasteiger partial charge on any atom is 0.319 e. The molecule has 0 atom stereocenters. The molecule has 1 aromatic heterocycles. The number of aromatic nitrogens is 2. The van der Waals surface area contributed by atoms with Crippen molar-refractivity contribution in [3.8, 4) is 11.3 Å². The summed E-state index contributed by atoms with van der Waals surface area (Å²) in [5, 5.41) is 2.44. The maximum absolute atomic E-state index is 12.7. The van der Waals surface area contributed by atoms with E-state index in [1.807, 2.05) is 22.1 Å². The normalized spacial score (nSPS) is 17.3. The summed E-state index contributed by atoms with van der Waals surface area (Å²) in [5.41, 5.74) is 2.03. The number of carbonyl (C=O) groups is 1. The molecule has 2 aliphatic rings. The number of nitrogens with zero attached hydrogens (tertiary/aromatic N) is 5. The van der Waals surface area contributed by atoms with Crippen molar-refractivity contribution in [3.63, 3.8) is 0 Å². The lowest BCUT2D eigenvalue weighted by molar-refractivity contribution is 0.148. The lowest BCUT2D eigenvalue weighted by Crippen LogP contribution is -2.49. The minimum Gasteiger partial charge on any atom is -0.341 e. The van der Waals surface area contributed by atoms with Crippen LogP contribution < -0.4 is 4.90 Å². The van der Waals surface area contributed by atoms with E-state index in [0.717, 1.165) is 69.1 Å². The molecular weight excluding hydrogens is 386 g/mol. The van der Waals surface area contributed by atoms with Crippen LogP contribution in [0.4, 0.5) is 10.7 Å². The third kappa shape index (κ3) is 4.07. The topological polar surface area (TPSA) is 52.6 Å². The standard InChI is InChI=1S/C25H29N5O/c1-28(22-11-16-30(17-12-22)25(31)29-14-4-5-15-29)24-26-13-10-23(27-24)21-9-8-19-6-2-3-7-20(19)18-21/h2-3,6-10,13,18,22H,4-5,11-12,14-17H2,1H3. The molecule has 2 saturated heterocycles. The third-order valence-corrected chi connectivity index (χ3v) is 6.66. The van der Waals surface area contributed by atoms with Crippen LogP contribution in [0.15, 0.2) is 54.7 Å². The summed E-state index contributed by atoms with van der Waals surface area (Å²) < 4.78 is 0. The zero-order valence-electron chi connectivity index (χ0n) is 18.1. The first kappa shape index (κ1) is 19.8. The molecule has 0 radical (unpaired) electrons. The molecule has 0 unspecified atom stereocenters. The van der Waals surface area contributed by atoms with Gasteiger partial charge in [0, 0.05) is 51.0 Å². The molecule has 3 heterocycles. The van der Waals surface area contributed by atoms with Crippen molar-refractivity contribution < 1.29 is 4.79 Å². The molecule has 5 rings (SSSR count). The van der Waals surface area contributed by atoms with Gasteiger partial charge in [-0.05, 0) is 48.6 Å². The molecule has 0 N–H and O–H groups in total. The molecule has 2 aromatic carbocycles. The summed E-state index contributed by atoms with van der Waals surface area (Å²) in [5.74, 6) is 0.745. The van der Waals surface area contributed by atoms with Gasteiger partial charge in [-0.3, -0.25) is 0 Å². The highest BCUT2D eigenvalue weighted by Crippen LogP contribution is 2.26. The van der Waals surface area contributed by atoms with Gasteiger partial charge >= 0.3 is 6.03 Å². The minimum atomic E-state index is 0.216. The number of piperidine rings is 1. The van der Waals surface area contributed by atoms with Crippen molar-refractivity contribution in [1.29, 1.82) is 0 Å². The van der Waals surface area contributed by atoms with Gasteiger partial charge in [0.05, 0.1) is 5.69 Å². The van der Waals surface area contributed by atoms with E-state index in [4.69, 9.17) is 4.98 Å². The molecule has 6 nitrogen and oxygen atoms in total. The molecule has 0 spiro atoms. The van der Waals surface area contributed by atoms with Crippen molar-refractivity contribution >= 4 is 22.8 Å². The number of benzene rings is 2. The smallest absolute Gasteiger partial charge is 0.319 e. The van der Waals surface area contributed by atoms with Gasteiger partial charge in [-0.15, -0.1) is 0 Å². The summed E-state index contributed by atoms with van der Waals surface area (Å²) in [4.78, 5) is 28.3. The summed E-state index contributed by atoms with van der Waals surface area (Å²) in [6.45, 7) is 3.42. The Kier molecular flexibility index (Phi) is 5.45. The van der Waals surface area contributed by atoms with Crippen LogP contribution in [0.1, 0.15) is 25.7 Å². The number of likely N-dealkylation sites (tertiary alicyclic amines) is 2. The Hall–Kier alpha value is -3.15. The Bertz CT molecular complexity index is 1070. The average molecular weight is 416 g/mol. The van der Waals surface area contributed by atoms with Crippen LogP contribution in [0.5, 0.6) is 0 Å². The fourth-order valence-electron chi connectivity index (χ4n) is 4.74. The molecule has 31 heavy (non-hydrogen) atoms. The van der Waals surface area contributed by atoms with E-state index in [1.165, 1.54) is 10.8 Å². The molecule has 0 bridgehead atoms. The van der Waals surface area contributed by atoms with Gasteiger partial charge in [0.25, 0.3) is 0 Å². The predicted molar refractivity (Wildman–Crippen MR) is 124 cm³/mol. The fourth-order valence-corrected chi connectivity index (χ4v) is 4.74. The number of fused-ring (bicyclic) bond motifs is 1. The van der Waals surface area contributed by atoms with E-state index in [9.17, 15) is 4.79 Å². The van der Waals surface area contributed by atoms with Gasteiger partial charge in [-0.2, -0.15) is 0 Å². The highest BCUT2D eigenvalue weighted by molar-refractivity contribution is 5.86. The molecule has 2 aliphatic heterocycles. The minimum absolute atomic E-state index is 0.216. The molecule has 2 amide bonds. The van der Waals surface area contributed by atoms with E-state index >= 15 is 0 Å². The van der Waals surface area contributed by atoms with E-state index in [1.54, 1.807) is 0 Å². The monoisotopic (exact) mass is 415 g/mol. The van der Waals surface area contributed by atoms with Crippen LogP contribution in [0.2, 0.25) is 0 Å². The molecular formula is C25H29N5O. The average Bonchev–Trinajstić information content (AvgIpc) is 3.38. The quantitative estimate of drug-likeness (QED) is 0.636. The number of carbonyl (C=O) groups excluding carboxylic acids is 1. The van der Waals surface area contributed by atoms with Crippen molar-refractivity contribution in [2.75, 3.05) is 38.1 Å². The highest BCUT2D eigenvalue weighted by Gasteiger charge is 2.29. The van der Waals surface area contributed by atoms with E-state index in [0.29, 0.717) is 6.04 Å². The summed E-state index contributed by atoms with van der Waals surface area (Å²) >= 11 is 0. The van der Waals surface area contributed by atoms with E-state index in [-0.39, 0.29) is 6.03 Å². The summed E-state index contributed by atoms with van der Waals surface area (Å²) in [6, 6.07) is 17.4. The van der Waals surface area contributed by atoms with Crippen molar-refractivity contribution in [2.24, 2.45) is 0 Å². The molecule has 3 aromatic rings.